The zero-order valence-corrected chi connectivity index (χ0v) is 11.9. The molecule has 0 radical (unpaired) electrons. The third-order valence-electron chi connectivity index (χ3n) is 2.02. The van der Waals surface area contributed by atoms with E-state index < -0.39 is 43.9 Å². The molecule has 18 heavy (non-hydrogen) atoms. The SMILES string of the molecule is O.O=C1CCC(=O)[O][Sn]2([O]1)[O]C(=O)CCC(=O)[O]2. The van der Waals surface area contributed by atoms with Crippen LogP contribution in [0.25, 0.3) is 0 Å². The molecule has 2 rings (SSSR count). The van der Waals surface area contributed by atoms with Crippen LogP contribution in [-0.2, 0) is 31.5 Å². The van der Waals surface area contributed by atoms with Gasteiger partial charge in [0.05, 0.1) is 0 Å². The van der Waals surface area contributed by atoms with E-state index in [4.69, 9.17) is 12.3 Å². The first-order valence-corrected chi connectivity index (χ1v) is 9.52. The van der Waals surface area contributed by atoms with Gasteiger partial charge in [0.1, 0.15) is 0 Å². The summed E-state index contributed by atoms with van der Waals surface area (Å²) < 4.78 is 19.1. The van der Waals surface area contributed by atoms with Crippen molar-refractivity contribution in [3.05, 3.63) is 0 Å². The molecule has 10 heteroatoms. The van der Waals surface area contributed by atoms with Crippen LogP contribution in [0.3, 0.4) is 0 Å². The van der Waals surface area contributed by atoms with Gasteiger partial charge in [-0.15, -0.1) is 0 Å². The minimum atomic E-state index is -5.16. The van der Waals surface area contributed by atoms with E-state index in [2.05, 4.69) is 0 Å². The Labute approximate surface area is 107 Å². The first-order valence-electron chi connectivity index (χ1n) is 4.86. The molecule has 0 aliphatic carbocycles. The van der Waals surface area contributed by atoms with Crippen LogP contribution < -0.4 is 0 Å². The van der Waals surface area contributed by atoms with Crippen LogP contribution in [0.2, 0.25) is 0 Å². The van der Waals surface area contributed by atoms with Gasteiger partial charge in [0, 0.05) is 0 Å². The summed E-state index contributed by atoms with van der Waals surface area (Å²) in [6.07, 6.45) is -0.752. The Morgan fingerprint density at radius 2 is 0.833 bits per heavy atom. The van der Waals surface area contributed by atoms with Crippen LogP contribution in [0, 0.1) is 0 Å². The second-order valence-corrected chi connectivity index (χ2v) is 8.58. The third kappa shape index (κ3) is 3.32. The maximum absolute atomic E-state index is 11.2. The predicted octanol–water partition coefficient (Wildman–Crippen LogP) is -1.64. The maximum atomic E-state index is 11.2. The summed E-state index contributed by atoms with van der Waals surface area (Å²) in [6, 6.07) is 0. The molecule has 0 atom stereocenters. The molecule has 2 N–H and O–H groups in total. The van der Waals surface area contributed by atoms with Crippen molar-refractivity contribution in [2.24, 2.45) is 0 Å². The van der Waals surface area contributed by atoms with Gasteiger partial charge in [0.2, 0.25) is 0 Å². The molecule has 2 saturated heterocycles. The Morgan fingerprint density at radius 3 is 1.06 bits per heavy atom. The van der Waals surface area contributed by atoms with Gasteiger partial charge in [-0.3, -0.25) is 0 Å². The van der Waals surface area contributed by atoms with E-state index in [9.17, 15) is 19.2 Å². The summed E-state index contributed by atoms with van der Waals surface area (Å²) in [5, 5.41) is 0. The van der Waals surface area contributed by atoms with Crippen LogP contribution in [-0.4, -0.2) is 49.4 Å². The fourth-order valence-corrected chi connectivity index (χ4v) is 6.36. The first kappa shape index (κ1) is 14.7. The van der Waals surface area contributed by atoms with Crippen molar-refractivity contribution in [2.75, 3.05) is 0 Å². The van der Waals surface area contributed by atoms with Crippen LogP contribution >= 0.6 is 0 Å². The van der Waals surface area contributed by atoms with Crippen LogP contribution in [0.4, 0.5) is 0 Å². The molecule has 0 aromatic carbocycles. The molecule has 2 aliphatic heterocycles. The molecule has 0 saturated carbocycles. The minimum absolute atomic E-state index is 0. The van der Waals surface area contributed by atoms with Crippen molar-refractivity contribution in [1.82, 2.24) is 0 Å². The van der Waals surface area contributed by atoms with E-state index in [0.717, 1.165) is 0 Å². The molecule has 0 aromatic heterocycles. The average Bonchev–Trinajstić information content (AvgIpc) is 2.43. The summed E-state index contributed by atoms with van der Waals surface area (Å²) in [6.45, 7) is 0. The molecule has 0 aromatic rings. The third-order valence-corrected chi connectivity index (χ3v) is 7.48. The molecule has 100 valence electrons. The molecule has 9 nitrogen and oxygen atoms in total. The predicted molar refractivity (Wildman–Crippen MR) is 52.2 cm³/mol. The summed E-state index contributed by atoms with van der Waals surface area (Å²) >= 11 is -5.16. The van der Waals surface area contributed by atoms with Gasteiger partial charge in [-0.05, 0) is 0 Å². The molecule has 2 heterocycles. The van der Waals surface area contributed by atoms with Gasteiger partial charge < -0.3 is 5.48 Å². The van der Waals surface area contributed by atoms with Crippen LogP contribution in [0.5, 0.6) is 0 Å². The standard InChI is InChI=1S/2C4H6O4.H2O.Sn/c2*5-3(6)1-2-4(7)8;;/h2*1-2H2,(H,5,6)(H,7,8);1H2;/q;;;+4/p-4. The molecule has 0 bridgehead atoms. The molecule has 0 unspecified atom stereocenters. The Kier molecular flexibility index (Phi) is 4.51. The van der Waals surface area contributed by atoms with E-state index >= 15 is 0 Å². The monoisotopic (exact) mass is 370 g/mol. The van der Waals surface area contributed by atoms with Crippen molar-refractivity contribution < 1.29 is 37.0 Å². The number of hydrogen-bond acceptors (Lipinski definition) is 8. The normalized spacial score (nSPS) is 22.7. The quantitative estimate of drug-likeness (QED) is 0.464. The van der Waals surface area contributed by atoms with Gasteiger partial charge in [0.15, 0.2) is 0 Å². The van der Waals surface area contributed by atoms with Gasteiger partial charge in [-0.2, -0.15) is 0 Å². The van der Waals surface area contributed by atoms with Crippen LogP contribution in [0.1, 0.15) is 25.7 Å². The van der Waals surface area contributed by atoms with Gasteiger partial charge in [-0.1, -0.05) is 0 Å². The van der Waals surface area contributed by atoms with E-state index in [1.165, 1.54) is 0 Å². The average molecular weight is 369 g/mol. The zero-order chi connectivity index (χ0) is 12.5. The second kappa shape index (κ2) is 5.52. The molecule has 2 aliphatic rings. The number of carbonyl (C=O) groups excluding carboxylic acids is 4. The number of hydrogen-bond donors (Lipinski definition) is 0. The van der Waals surface area contributed by atoms with Crippen molar-refractivity contribution in [3.63, 3.8) is 0 Å². The van der Waals surface area contributed by atoms with Gasteiger partial charge in [-0.25, -0.2) is 0 Å². The van der Waals surface area contributed by atoms with E-state index in [0.29, 0.717) is 0 Å². The Morgan fingerprint density at radius 1 is 0.611 bits per heavy atom. The topological polar surface area (TPSA) is 137 Å². The fraction of sp³-hybridized carbons (Fsp3) is 0.500. The zero-order valence-electron chi connectivity index (χ0n) is 9.09. The molecular formula is C8H10O9Sn. The van der Waals surface area contributed by atoms with E-state index in [1.807, 2.05) is 0 Å². The van der Waals surface area contributed by atoms with Crippen molar-refractivity contribution in [1.29, 1.82) is 0 Å². The van der Waals surface area contributed by atoms with E-state index in [1.54, 1.807) is 0 Å². The van der Waals surface area contributed by atoms with Crippen molar-refractivity contribution in [3.8, 4) is 0 Å². The van der Waals surface area contributed by atoms with Crippen LogP contribution in [0.15, 0.2) is 0 Å². The Hall–Kier alpha value is -1.36. The summed E-state index contributed by atoms with van der Waals surface area (Å²) in [4.78, 5) is 45.0. The summed E-state index contributed by atoms with van der Waals surface area (Å²) in [7, 11) is 0. The number of rotatable bonds is 0. The molecule has 1 spiro atoms. The van der Waals surface area contributed by atoms with E-state index in [-0.39, 0.29) is 31.2 Å². The number of carbonyl (C=O) groups is 4. The Bertz CT molecular complexity index is 326. The van der Waals surface area contributed by atoms with Gasteiger partial charge in [0.25, 0.3) is 0 Å². The van der Waals surface area contributed by atoms with Crippen molar-refractivity contribution in [2.45, 2.75) is 25.7 Å². The Balaban J connectivity index is 0.00000162. The summed E-state index contributed by atoms with van der Waals surface area (Å²) in [5.41, 5.74) is 0. The molecule has 0 amide bonds. The molecule has 2 fully saturated rings. The first-order chi connectivity index (χ1) is 7.99. The summed E-state index contributed by atoms with van der Waals surface area (Å²) in [5.74, 6) is -3.08. The second-order valence-electron chi connectivity index (χ2n) is 3.40. The molecular weight excluding hydrogens is 359 g/mol. The fourth-order valence-electron chi connectivity index (χ4n) is 1.30. The van der Waals surface area contributed by atoms with Gasteiger partial charge >= 0.3 is 101 Å². The van der Waals surface area contributed by atoms with Crippen molar-refractivity contribution >= 4 is 43.9 Å².